The summed E-state index contributed by atoms with van der Waals surface area (Å²) in [5.74, 6) is 0.840. The molecule has 1 N–H and O–H groups in total. The van der Waals surface area contributed by atoms with Gasteiger partial charge >= 0.3 is 0 Å². The normalized spacial score (nSPS) is 24.9. The largest absolute Gasteiger partial charge is 0.375 e. The predicted octanol–water partition coefficient (Wildman–Crippen LogP) is 1.67. The summed E-state index contributed by atoms with van der Waals surface area (Å²) in [6.07, 6.45) is 1.67. The molecule has 0 bridgehead atoms. The van der Waals surface area contributed by atoms with Gasteiger partial charge in [-0.15, -0.1) is 5.10 Å². The minimum Gasteiger partial charge on any atom is -0.375 e. The fourth-order valence-corrected chi connectivity index (χ4v) is 3.11. The monoisotopic (exact) mass is 287 g/mol. The number of hydrogen-bond acceptors (Lipinski definition) is 5. The molecule has 112 valence electrons. The Balaban J connectivity index is 2.05. The van der Waals surface area contributed by atoms with Gasteiger partial charge in [0.2, 0.25) is 0 Å². The van der Waals surface area contributed by atoms with Crippen LogP contribution in [0.2, 0.25) is 0 Å². The van der Waals surface area contributed by atoms with Crippen LogP contribution in [-0.4, -0.2) is 39.5 Å². The number of aromatic nitrogens is 4. The molecule has 1 atom stereocenters. The number of benzene rings is 1. The van der Waals surface area contributed by atoms with Gasteiger partial charge in [0.1, 0.15) is 0 Å². The van der Waals surface area contributed by atoms with Gasteiger partial charge in [-0.1, -0.05) is 18.2 Å². The van der Waals surface area contributed by atoms with Gasteiger partial charge < -0.3 is 10.1 Å². The van der Waals surface area contributed by atoms with E-state index in [9.17, 15) is 0 Å². The van der Waals surface area contributed by atoms with E-state index < -0.39 is 0 Å². The zero-order chi connectivity index (χ0) is 14.9. The molecular weight excluding hydrogens is 266 g/mol. The smallest absolute Gasteiger partial charge is 0.176 e. The van der Waals surface area contributed by atoms with Crippen molar-refractivity contribution in [1.82, 2.24) is 25.5 Å². The van der Waals surface area contributed by atoms with E-state index in [0.717, 1.165) is 24.4 Å². The lowest BCUT2D eigenvalue weighted by molar-refractivity contribution is -0.0906. The lowest BCUT2D eigenvalue weighted by atomic mass is 9.80. The van der Waals surface area contributed by atoms with Gasteiger partial charge in [0, 0.05) is 13.0 Å². The van der Waals surface area contributed by atoms with Crippen LogP contribution < -0.4 is 5.32 Å². The van der Waals surface area contributed by atoms with Crippen molar-refractivity contribution >= 4 is 0 Å². The second-order valence-electron chi connectivity index (χ2n) is 6.12. The average molecular weight is 287 g/mol. The first-order valence-corrected chi connectivity index (χ1v) is 7.23. The van der Waals surface area contributed by atoms with Crippen molar-refractivity contribution in [1.29, 1.82) is 0 Å². The summed E-state index contributed by atoms with van der Waals surface area (Å²) in [7, 11) is 1.96. The summed E-state index contributed by atoms with van der Waals surface area (Å²) in [6, 6.07) is 9.97. The second kappa shape index (κ2) is 5.20. The first-order valence-electron chi connectivity index (χ1n) is 7.23. The molecule has 0 radical (unpaired) electrons. The lowest BCUT2D eigenvalue weighted by Gasteiger charge is -2.43. The Labute approximate surface area is 124 Å². The zero-order valence-corrected chi connectivity index (χ0v) is 12.7. The van der Waals surface area contributed by atoms with E-state index in [-0.39, 0.29) is 11.1 Å². The van der Waals surface area contributed by atoms with Crippen LogP contribution in [0.25, 0.3) is 5.69 Å². The van der Waals surface area contributed by atoms with Crippen LogP contribution in [0.3, 0.4) is 0 Å². The predicted molar refractivity (Wildman–Crippen MR) is 79.2 cm³/mol. The Morgan fingerprint density at radius 2 is 2.00 bits per heavy atom. The number of para-hydroxylation sites is 1. The molecule has 0 unspecified atom stereocenters. The number of rotatable bonds is 3. The Hall–Kier alpha value is -1.79. The SMILES string of the molecule is CN[C@@]1(c2nnnn2-c2ccccc2)CCOC(C)(C)C1. The Morgan fingerprint density at radius 3 is 2.67 bits per heavy atom. The van der Waals surface area contributed by atoms with Gasteiger partial charge in [0.25, 0.3) is 0 Å². The summed E-state index contributed by atoms with van der Waals surface area (Å²) >= 11 is 0. The van der Waals surface area contributed by atoms with Gasteiger partial charge in [-0.05, 0) is 49.9 Å². The van der Waals surface area contributed by atoms with Crippen molar-refractivity contribution in [3.8, 4) is 5.69 Å². The molecule has 1 fully saturated rings. The maximum atomic E-state index is 5.85. The quantitative estimate of drug-likeness (QED) is 0.930. The van der Waals surface area contributed by atoms with Crippen LogP contribution in [0.5, 0.6) is 0 Å². The number of hydrogen-bond donors (Lipinski definition) is 1. The molecule has 1 aromatic heterocycles. The molecule has 1 aliphatic rings. The van der Waals surface area contributed by atoms with E-state index >= 15 is 0 Å². The van der Waals surface area contributed by atoms with Gasteiger partial charge in [-0.2, -0.15) is 4.68 Å². The molecule has 3 rings (SSSR count). The summed E-state index contributed by atoms with van der Waals surface area (Å²) in [6.45, 7) is 4.90. The second-order valence-corrected chi connectivity index (χ2v) is 6.12. The Morgan fingerprint density at radius 1 is 1.24 bits per heavy atom. The van der Waals surface area contributed by atoms with Crippen LogP contribution in [0.1, 0.15) is 32.5 Å². The topological polar surface area (TPSA) is 64.9 Å². The summed E-state index contributed by atoms with van der Waals surface area (Å²) < 4.78 is 7.67. The van der Waals surface area contributed by atoms with Crippen LogP contribution in [-0.2, 0) is 10.3 Å². The summed E-state index contributed by atoms with van der Waals surface area (Å²) in [4.78, 5) is 0. The third-order valence-electron chi connectivity index (χ3n) is 4.13. The molecule has 1 saturated heterocycles. The van der Waals surface area contributed by atoms with Gasteiger partial charge in [0.15, 0.2) is 5.82 Å². The van der Waals surface area contributed by atoms with Gasteiger partial charge in [-0.25, -0.2) is 0 Å². The van der Waals surface area contributed by atoms with E-state index in [0.29, 0.717) is 6.61 Å². The zero-order valence-electron chi connectivity index (χ0n) is 12.7. The molecular formula is C15H21N5O. The third kappa shape index (κ3) is 2.56. The van der Waals surface area contributed by atoms with Crippen LogP contribution in [0.4, 0.5) is 0 Å². The van der Waals surface area contributed by atoms with Crippen LogP contribution in [0.15, 0.2) is 30.3 Å². The minimum atomic E-state index is -0.277. The summed E-state index contributed by atoms with van der Waals surface area (Å²) in [5.41, 5.74) is 0.493. The highest BCUT2D eigenvalue weighted by Gasteiger charge is 2.44. The van der Waals surface area contributed by atoms with Crippen molar-refractivity contribution in [3.63, 3.8) is 0 Å². The van der Waals surface area contributed by atoms with Crippen LogP contribution in [0, 0.1) is 0 Å². The maximum absolute atomic E-state index is 5.85. The van der Waals surface area contributed by atoms with E-state index in [4.69, 9.17) is 4.74 Å². The van der Waals surface area contributed by atoms with Crippen LogP contribution >= 0.6 is 0 Å². The van der Waals surface area contributed by atoms with E-state index in [2.05, 4.69) is 34.7 Å². The molecule has 6 heteroatoms. The molecule has 21 heavy (non-hydrogen) atoms. The van der Waals surface area contributed by atoms with Crippen molar-refractivity contribution in [2.75, 3.05) is 13.7 Å². The standard InChI is InChI=1S/C15H21N5O/c1-14(2)11-15(16-3,9-10-21-14)13-17-18-19-20(13)12-7-5-4-6-8-12/h4-8,16H,9-11H2,1-3H3/t15-/m0/s1. The first kappa shape index (κ1) is 14.2. The molecule has 0 saturated carbocycles. The Bertz CT molecular complexity index is 610. The number of nitrogens with zero attached hydrogens (tertiary/aromatic N) is 4. The van der Waals surface area contributed by atoms with Gasteiger partial charge in [0.05, 0.1) is 16.8 Å². The molecule has 2 heterocycles. The summed E-state index contributed by atoms with van der Waals surface area (Å²) in [5, 5.41) is 15.8. The number of tetrazole rings is 1. The molecule has 6 nitrogen and oxygen atoms in total. The highest BCUT2D eigenvalue weighted by Crippen LogP contribution is 2.38. The highest BCUT2D eigenvalue weighted by atomic mass is 16.5. The van der Waals surface area contributed by atoms with Crippen molar-refractivity contribution in [3.05, 3.63) is 36.2 Å². The van der Waals surface area contributed by atoms with E-state index in [1.165, 1.54) is 0 Å². The third-order valence-corrected chi connectivity index (χ3v) is 4.13. The molecule has 2 aromatic rings. The molecule has 1 aliphatic heterocycles. The first-order chi connectivity index (χ1) is 10.1. The molecule has 0 spiro atoms. The maximum Gasteiger partial charge on any atom is 0.176 e. The number of ether oxygens (including phenoxy) is 1. The van der Waals surface area contributed by atoms with Crippen molar-refractivity contribution < 1.29 is 4.74 Å². The fraction of sp³-hybridized carbons (Fsp3) is 0.533. The van der Waals surface area contributed by atoms with Gasteiger partial charge in [-0.3, -0.25) is 0 Å². The molecule has 1 aromatic carbocycles. The van der Waals surface area contributed by atoms with E-state index in [1.807, 2.05) is 42.1 Å². The highest BCUT2D eigenvalue weighted by molar-refractivity contribution is 5.32. The van der Waals surface area contributed by atoms with E-state index in [1.54, 1.807) is 0 Å². The Kier molecular flexibility index (Phi) is 3.51. The average Bonchev–Trinajstić information content (AvgIpc) is 2.97. The minimum absolute atomic E-state index is 0.200. The number of nitrogens with one attached hydrogen (secondary N) is 1. The van der Waals surface area contributed by atoms with Crippen molar-refractivity contribution in [2.45, 2.75) is 37.8 Å². The lowest BCUT2D eigenvalue weighted by Crippen LogP contribution is -2.52. The van der Waals surface area contributed by atoms with Crippen molar-refractivity contribution in [2.24, 2.45) is 0 Å². The molecule has 0 amide bonds. The molecule has 0 aliphatic carbocycles. The fourth-order valence-electron chi connectivity index (χ4n) is 3.11.